The maximum absolute atomic E-state index is 13.2. The van der Waals surface area contributed by atoms with E-state index < -0.39 is 5.82 Å². The van der Waals surface area contributed by atoms with Crippen molar-refractivity contribution in [2.45, 2.75) is 25.9 Å². The SMILES string of the molecule is O=C(NCc1ccc(F)c(Cl)c1)c1ccc(=O)n(CCN2CCCC2)c1. The number of nitrogens with zero attached hydrogens (tertiary/aromatic N) is 2. The lowest BCUT2D eigenvalue weighted by Gasteiger charge is -2.15. The van der Waals surface area contributed by atoms with Crippen molar-refractivity contribution in [3.63, 3.8) is 0 Å². The molecule has 1 fully saturated rings. The number of pyridine rings is 1. The highest BCUT2D eigenvalue weighted by Crippen LogP contribution is 2.16. The molecule has 7 heteroatoms. The van der Waals surface area contributed by atoms with Crippen LogP contribution in [0.3, 0.4) is 0 Å². The summed E-state index contributed by atoms with van der Waals surface area (Å²) in [5.41, 5.74) is 0.998. The van der Waals surface area contributed by atoms with Gasteiger partial charge in [-0.15, -0.1) is 0 Å². The van der Waals surface area contributed by atoms with Crippen LogP contribution in [0.5, 0.6) is 0 Å². The van der Waals surface area contributed by atoms with Crippen LogP contribution in [0.1, 0.15) is 28.8 Å². The lowest BCUT2D eigenvalue weighted by Crippen LogP contribution is -2.30. The van der Waals surface area contributed by atoms with Crippen molar-refractivity contribution >= 4 is 17.5 Å². The first-order valence-corrected chi connectivity index (χ1v) is 9.06. The Bertz CT molecular complexity index is 847. The zero-order chi connectivity index (χ0) is 18.5. The van der Waals surface area contributed by atoms with Gasteiger partial charge in [0.15, 0.2) is 0 Å². The summed E-state index contributed by atoms with van der Waals surface area (Å²) in [7, 11) is 0. The second-order valence-electron chi connectivity index (χ2n) is 6.43. The second-order valence-corrected chi connectivity index (χ2v) is 6.84. The van der Waals surface area contributed by atoms with Crippen LogP contribution >= 0.6 is 11.6 Å². The van der Waals surface area contributed by atoms with Gasteiger partial charge in [0.1, 0.15) is 5.82 Å². The maximum atomic E-state index is 13.2. The number of hydrogen-bond acceptors (Lipinski definition) is 3. The molecule has 0 bridgehead atoms. The number of halogens is 2. The molecule has 1 aliphatic heterocycles. The van der Waals surface area contributed by atoms with Crippen LogP contribution in [0.25, 0.3) is 0 Å². The second kappa shape index (κ2) is 8.47. The molecule has 5 nitrogen and oxygen atoms in total. The summed E-state index contributed by atoms with van der Waals surface area (Å²) in [6.45, 7) is 3.72. The van der Waals surface area contributed by atoms with Crippen molar-refractivity contribution in [3.05, 3.63) is 68.8 Å². The Morgan fingerprint density at radius 2 is 1.92 bits per heavy atom. The fourth-order valence-electron chi connectivity index (χ4n) is 3.03. The van der Waals surface area contributed by atoms with E-state index in [0.717, 1.165) is 19.6 Å². The quantitative estimate of drug-likeness (QED) is 0.842. The largest absolute Gasteiger partial charge is 0.348 e. The number of rotatable bonds is 6. The number of nitrogens with one attached hydrogen (secondary N) is 1. The first-order valence-electron chi connectivity index (χ1n) is 8.68. The van der Waals surface area contributed by atoms with Gasteiger partial charge in [-0.05, 0) is 49.7 Å². The minimum atomic E-state index is -0.494. The molecule has 1 aromatic heterocycles. The van der Waals surface area contributed by atoms with Crippen molar-refractivity contribution in [2.24, 2.45) is 0 Å². The summed E-state index contributed by atoms with van der Waals surface area (Å²) in [4.78, 5) is 26.7. The molecule has 138 valence electrons. The van der Waals surface area contributed by atoms with Crippen molar-refractivity contribution in [3.8, 4) is 0 Å². The zero-order valence-corrected chi connectivity index (χ0v) is 15.1. The Hall–Kier alpha value is -2.18. The van der Waals surface area contributed by atoms with Gasteiger partial charge in [-0.2, -0.15) is 0 Å². The standard InChI is InChI=1S/C19H21ClFN3O2/c20-16-11-14(3-5-17(16)21)12-22-19(26)15-4-6-18(25)24(13-15)10-9-23-7-1-2-8-23/h3-6,11,13H,1-2,7-10,12H2,(H,22,26). The maximum Gasteiger partial charge on any atom is 0.253 e. The number of likely N-dealkylation sites (tertiary alicyclic amines) is 1. The number of carbonyl (C=O) groups excluding carboxylic acids is 1. The highest BCUT2D eigenvalue weighted by Gasteiger charge is 2.12. The predicted octanol–water partition coefficient (Wildman–Crippen LogP) is 2.67. The Kier molecular flexibility index (Phi) is 6.06. The van der Waals surface area contributed by atoms with E-state index in [1.54, 1.807) is 16.8 Å². The molecular weight excluding hydrogens is 357 g/mol. The number of carbonyl (C=O) groups is 1. The van der Waals surface area contributed by atoms with Gasteiger partial charge < -0.3 is 14.8 Å². The minimum Gasteiger partial charge on any atom is -0.348 e. The van der Waals surface area contributed by atoms with Crippen LogP contribution in [-0.4, -0.2) is 35.0 Å². The molecule has 1 aromatic carbocycles. The molecule has 0 saturated carbocycles. The van der Waals surface area contributed by atoms with Gasteiger partial charge in [-0.1, -0.05) is 17.7 Å². The van der Waals surface area contributed by atoms with Gasteiger partial charge in [0.2, 0.25) is 0 Å². The zero-order valence-electron chi connectivity index (χ0n) is 14.4. The molecule has 1 N–H and O–H groups in total. The van der Waals surface area contributed by atoms with Gasteiger partial charge in [-0.25, -0.2) is 4.39 Å². The summed E-state index contributed by atoms with van der Waals surface area (Å²) in [6.07, 6.45) is 3.99. The molecular formula is C19H21ClFN3O2. The van der Waals surface area contributed by atoms with E-state index in [0.29, 0.717) is 17.7 Å². The summed E-state index contributed by atoms with van der Waals surface area (Å²) in [6, 6.07) is 7.24. The van der Waals surface area contributed by atoms with Crippen LogP contribution in [0.4, 0.5) is 4.39 Å². The van der Waals surface area contributed by atoms with Gasteiger partial charge in [0, 0.05) is 31.9 Å². The first-order chi connectivity index (χ1) is 12.5. The molecule has 0 unspecified atom stereocenters. The Labute approximate surface area is 156 Å². The normalized spacial score (nSPS) is 14.5. The molecule has 0 aliphatic carbocycles. The fourth-order valence-corrected chi connectivity index (χ4v) is 3.23. The van der Waals surface area contributed by atoms with Crippen LogP contribution < -0.4 is 10.9 Å². The molecule has 3 rings (SSSR count). The molecule has 1 saturated heterocycles. The Morgan fingerprint density at radius 3 is 2.65 bits per heavy atom. The Morgan fingerprint density at radius 1 is 1.15 bits per heavy atom. The molecule has 2 heterocycles. The van der Waals surface area contributed by atoms with Gasteiger partial charge in [0.25, 0.3) is 11.5 Å². The number of hydrogen-bond donors (Lipinski definition) is 1. The molecule has 0 spiro atoms. The third-order valence-corrected chi connectivity index (χ3v) is 4.83. The van der Waals surface area contributed by atoms with E-state index in [4.69, 9.17) is 11.6 Å². The van der Waals surface area contributed by atoms with E-state index in [9.17, 15) is 14.0 Å². The molecule has 26 heavy (non-hydrogen) atoms. The molecule has 0 atom stereocenters. The molecule has 2 aromatic rings. The average Bonchev–Trinajstić information content (AvgIpc) is 3.15. The first kappa shape index (κ1) is 18.6. The summed E-state index contributed by atoms with van der Waals surface area (Å²) in [5, 5.41) is 2.78. The summed E-state index contributed by atoms with van der Waals surface area (Å²) in [5.74, 6) is -0.785. The van der Waals surface area contributed by atoms with Crippen molar-refractivity contribution in [1.29, 1.82) is 0 Å². The molecule has 1 amide bonds. The monoisotopic (exact) mass is 377 g/mol. The van der Waals surface area contributed by atoms with Gasteiger partial charge in [-0.3, -0.25) is 9.59 Å². The lowest BCUT2D eigenvalue weighted by molar-refractivity contribution is 0.0950. The summed E-state index contributed by atoms with van der Waals surface area (Å²) >= 11 is 5.74. The fraction of sp³-hybridized carbons (Fsp3) is 0.368. The van der Waals surface area contributed by atoms with Crippen molar-refractivity contribution in [1.82, 2.24) is 14.8 Å². The van der Waals surface area contributed by atoms with Gasteiger partial charge in [0.05, 0.1) is 10.6 Å². The minimum absolute atomic E-state index is 0.0206. The van der Waals surface area contributed by atoms with E-state index in [2.05, 4.69) is 10.2 Å². The average molecular weight is 378 g/mol. The lowest BCUT2D eigenvalue weighted by atomic mass is 10.2. The molecule has 0 radical (unpaired) electrons. The van der Waals surface area contributed by atoms with Gasteiger partial charge >= 0.3 is 0 Å². The van der Waals surface area contributed by atoms with E-state index >= 15 is 0 Å². The highest BCUT2D eigenvalue weighted by atomic mass is 35.5. The Balaban J connectivity index is 1.62. The van der Waals surface area contributed by atoms with E-state index in [1.807, 2.05) is 0 Å². The number of amides is 1. The smallest absolute Gasteiger partial charge is 0.253 e. The molecule has 1 aliphatic rings. The van der Waals surface area contributed by atoms with Crippen LogP contribution in [-0.2, 0) is 13.1 Å². The van der Waals surface area contributed by atoms with Crippen LogP contribution in [0, 0.1) is 5.82 Å². The van der Waals surface area contributed by atoms with Crippen LogP contribution in [0.2, 0.25) is 5.02 Å². The summed E-state index contributed by atoms with van der Waals surface area (Å²) < 4.78 is 14.7. The number of benzene rings is 1. The van der Waals surface area contributed by atoms with Crippen molar-refractivity contribution < 1.29 is 9.18 Å². The number of aromatic nitrogens is 1. The third kappa shape index (κ3) is 4.71. The topological polar surface area (TPSA) is 54.3 Å². The van der Waals surface area contributed by atoms with Crippen molar-refractivity contribution in [2.75, 3.05) is 19.6 Å². The van der Waals surface area contributed by atoms with E-state index in [-0.39, 0.29) is 23.0 Å². The van der Waals surface area contributed by atoms with E-state index in [1.165, 1.54) is 37.1 Å². The predicted molar refractivity (Wildman–Crippen MR) is 99.0 cm³/mol. The highest BCUT2D eigenvalue weighted by molar-refractivity contribution is 6.30. The van der Waals surface area contributed by atoms with Crippen LogP contribution in [0.15, 0.2) is 41.3 Å². The third-order valence-electron chi connectivity index (χ3n) is 4.54.